The molecule has 0 radical (unpaired) electrons. The highest BCUT2D eigenvalue weighted by Gasteiger charge is 2.36. The van der Waals surface area contributed by atoms with Crippen molar-refractivity contribution in [1.29, 1.82) is 0 Å². The van der Waals surface area contributed by atoms with Gasteiger partial charge in [-0.1, -0.05) is 31.8 Å². The van der Waals surface area contributed by atoms with Gasteiger partial charge in [0.1, 0.15) is 10.6 Å². The molecular formula is C19H33N3O4S. The molecule has 1 aromatic heterocycles. The fourth-order valence-corrected chi connectivity index (χ4v) is 5.43. The average Bonchev–Trinajstić information content (AvgIpc) is 2.93. The van der Waals surface area contributed by atoms with Crippen molar-refractivity contribution in [2.45, 2.75) is 77.7 Å². The van der Waals surface area contributed by atoms with Crippen LogP contribution in [0.4, 0.5) is 0 Å². The third-order valence-corrected chi connectivity index (χ3v) is 7.24. The molecule has 1 amide bonds. The summed E-state index contributed by atoms with van der Waals surface area (Å²) in [5, 5.41) is 6.81. The van der Waals surface area contributed by atoms with Crippen LogP contribution in [0.15, 0.2) is 9.42 Å². The molecule has 2 unspecified atom stereocenters. The minimum atomic E-state index is -3.70. The number of carbonyl (C=O) groups excluding carboxylic acids is 1. The molecule has 0 aliphatic carbocycles. The predicted octanol–water partition coefficient (Wildman–Crippen LogP) is 3.02. The Hall–Kier alpha value is -1.41. The number of rotatable bonds is 8. The molecule has 0 spiro atoms. The molecule has 0 aromatic carbocycles. The Morgan fingerprint density at radius 3 is 2.59 bits per heavy atom. The summed E-state index contributed by atoms with van der Waals surface area (Å²) < 4.78 is 32.4. The van der Waals surface area contributed by atoms with Gasteiger partial charge in [-0.2, -0.15) is 4.31 Å². The number of aryl methyl sites for hydroxylation is 2. The van der Waals surface area contributed by atoms with Crippen LogP contribution in [-0.4, -0.2) is 42.9 Å². The smallest absolute Gasteiger partial charge is 0.248 e. The highest BCUT2D eigenvalue weighted by atomic mass is 32.2. The lowest BCUT2D eigenvalue weighted by atomic mass is 9.98. The van der Waals surface area contributed by atoms with Gasteiger partial charge in [-0.25, -0.2) is 8.42 Å². The summed E-state index contributed by atoms with van der Waals surface area (Å²) in [7, 11) is -3.70. The first-order valence-corrected chi connectivity index (χ1v) is 11.3. The summed E-state index contributed by atoms with van der Waals surface area (Å²) in [5.74, 6) is 0.583. The van der Waals surface area contributed by atoms with E-state index in [4.69, 9.17) is 4.52 Å². The van der Waals surface area contributed by atoms with E-state index in [1.807, 2.05) is 6.92 Å². The van der Waals surface area contributed by atoms with Crippen LogP contribution in [0.1, 0.15) is 64.3 Å². The molecule has 0 saturated carbocycles. The van der Waals surface area contributed by atoms with Crippen molar-refractivity contribution < 1.29 is 17.7 Å². The second-order valence-electron chi connectivity index (χ2n) is 8.09. The first kappa shape index (κ1) is 21.9. The fourth-order valence-electron chi connectivity index (χ4n) is 3.61. The van der Waals surface area contributed by atoms with E-state index in [-0.39, 0.29) is 35.1 Å². The van der Waals surface area contributed by atoms with Crippen LogP contribution in [0.2, 0.25) is 0 Å². The summed E-state index contributed by atoms with van der Waals surface area (Å²) in [6, 6.07) is 0.103. The lowest BCUT2D eigenvalue weighted by Crippen LogP contribution is -2.47. The Bertz CT molecular complexity index is 723. The van der Waals surface area contributed by atoms with Crippen molar-refractivity contribution in [2.24, 2.45) is 11.8 Å². The fraction of sp³-hybridized carbons (Fsp3) is 0.789. The molecule has 1 fully saturated rings. The maximum atomic E-state index is 13.0. The summed E-state index contributed by atoms with van der Waals surface area (Å²) in [4.78, 5) is 12.8. The molecule has 1 aromatic rings. The third kappa shape index (κ3) is 5.54. The zero-order valence-corrected chi connectivity index (χ0v) is 17.9. The van der Waals surface area contributed by atoms with Crippen LogP contribution < -0.4 is 5.32 Å². The first-order valence-electron chi connectivity index (χ1n) is 9.86. The van der Waals surface area contributed by atoms with Gasteiger partial charge in [-0.15, -0.1) is 0 Å². The maximum absolute atomic E-state index is 13.0. The molecule has 7 nitrogen and oxygen atoms in total. The van der Waals surface area contributed by atoms with Gasteiger partial charge in [0.2, 0.25) is 15.9 Å². The van der Waals surface area contributed by atoms with E-state index in [0.29, 0.717) is 31.0 Å². The van der Waals surface area contributed by atoms with Crippen molar-refractivity contribution in [1.82, 2.24) is 14.8 Å². The van der Waals surface area contributed by atoms with E-state index in [1.54, 1.807) is 13.8 Å². The molecule has 154 valence electrons. The molecule has 1 saturated heterocycles. The molecular weight excluding hydrogens is 366 g/mol. The van der Waals surface area contributed by atoms with E-state index in [0.717, 1.165) is 19.3 Å². The Kier molecular flexibility index (Phi) is 7.45. The summed E-state index contributed by atoms with van der Waals surface area (Å²) >= 11 is 0. The Labute approximate surface area is 162 Å². The molecule has 1 N–H and O–H groups in total. The van der Waals surface area contributed by atoms with Crippen LogP contribution in [0.5, 0.6) is 0 Å². The number of nitrogens with one attached hydrogen (secondary N) is 1. The number of amides is 1. The van der Waals surface area contributed by atoms with Gasteiger partial charge in [-0.3, -0.25) is 4.79 Å². The van der Waals surface area contributed by atoms with E-state index in [2.05, 4.69) is 24.3 Å². The molecule has 27 heavy (non-hydrogen) atoms. The summed E-state index contributed by atoms with van der Waals surface area (Å²) in [6.07, 6.45) is 4.54. The van der Waals surface area contributed by atoms with Crippen molar-refractivity contribution in [3.8, 4) is 0 Å². The van der Waals surface area contributed by atoms with E-state index < -0.39 is 10.0 Å². The second-order valence-corrected chi connectivity index (χ2v) is 9.96. The summed E-state index contributed by atoms with van der Waals surface area (Å²) in [5.41, 5.74) is 0.359. The zero-order valence-electron chi connectivity index (χ0n) is 17.1. The number of piperidine rings is 1. The van der Waals surface area contributed by atoms with Crippen LogP contribution in [-0.2, 0) is 14.8 Å². The molecule has 1 aliphatic rings. The van der Waals surface area contributed by atoms with Crippen LogP contribution in [0, 0.1) is 25.7 Å². The molecule has 0 bridgehead atoms. The highest BCUT2D eigenvalue weighted by Crippen LogP contribution is 2.27. The van der Waals surface area contributed by atoms with Gasteiger partial charge >= 0.3 is 0 Å². The van der Waals surface area contributed by atoms with Crippen LogP contribution in [0.3, 0.4) is 0 Å². The lowest BCUT2D eigenvalue weighted by Gasteiger charge is -2.31. The van der Waals surface area contributed by atoms with E-state index >= 15 is 0 Å². The van der Waals surface area contributed by atoms with E-state index in [9.17, 15) is 13.2 Å². The monoisotopic (exact) mass is 399 g/mol. The quantitative estimate of drug-likeness (QED) is 0.725. The predicted molar refractivity (Wildman–Crippen MR) is 104 cm³/mol. The topological polar surface area (TPSA) is 92.5 Å². The number of carbonyl (C=O) groups is 1. The van der Waals surface area contributed by atoms with Gasteiger partial charge in [0.25, 0.3) is 0 Å². The Balaban J connectivity index is 1.98. The van der Waals surface area contributed by atoms with Crippen LogP contribution >= 0.6 is 0 Å². The molecule has 1 aliphatic heterocycles. The van der Waals surface area contributed by atoms with Gasteiger partial charge in [0, 0.05) is 19.1 Å². The number of aromatic nitrogens is 1. The minimum absolute atomic E-state index is 0.0503. The number of hydrogen-bond acceptors (Lipinski definition) is 5. The molecule has 8 heteroatoms. The Morgan fingerprint density at radius 2 is 2.00 bits per heavy atom. The lowest BCUT2D eigenvalue weighted by molar-refractivity contribution is -0.126. The number of sulfonamides is 1. The number of nitrogens with zero attached hydrogens (tertiary/aromatic N) is 2. The van der Waals surface area contributed by atoms with Gasteiger partial charge in [0.05, 0.1) is 5.92 Å². The average molecular weight is 400 g/mol. The van der Waals surface area contributed by atoms with Crippen molar-refractivity contribution >= 4 is 15.9 Å². The number of hydrogen-bond donors (Lipinski definition) is 1. The third-order valence-electron chi connectivity index (χ3n) is 5.13. The van der Waals surface area contributed by atoms with Crippen molar-refractivity contribution in [3.63, 3.8) is 0 Å². The second kappa shape index (κ2) is 9.19. The molecule has 2 atom stereocenters. The normalized spacial score (nSPS) is 20.0. The summed E-state index contributed by atoms with van der Waals surface area (Å²) in [6.45, 7) is 10.2. The van der Waals surface area contributed by atoms with Gasteiger partial charge < -0.3 is 9.84 Å². The van der Waals surface area contributed by atoms with Gasteiger partial charge in [0.15, 0.2) is 5.76 Å². The maximum Gasteiger partial charge on any atom is 0.248 e. The van der Waals surface area contributed by atoms with Gasteiger partial charge in [-0.05, 0) is 46.0 Å². The Morgan fingerprint density at radius 1 is 1.30 bits per heavy atom. The SMILES string of the molecule is Cc1noc(C)c1S(=O)(=O)N1CCCC(C(=O)NC(C)CCCC(C)C)C1. The first-order chi connectivity index (χ1) is 12.6. The van der Waals surface area contributed by atoms with Crippen molar-refractivity contribution in [3.05, 3.63) is 11.5 Å². The van der Waals surface area contributed by atoms with Crippen LogP contribution in [0.25, 0.3) is 0 Å². The zero-order chi connectivity index (χ0) is 20.2. The molecule has 2 heterocycles. The minimum Gasteiger partial charge on any atom is -0.360 e. The largest absolute Gasteiger partial charge is 0.360 e. The van der Waals surface area contributed by atoms with E-state index in [1.165, 1.54) is 4.31 Å². The standard InChI is InChI=1S/C19H33N3O4S/c1-13(2)8-6-9-14(3)20-19(23)17-10-7-11-22(12-17)27(24,25)18-15(4)21-26-16(18)5/h13-14,17H,6-12H2,1-5H3,(H,20,23). The molecule has 2 rings (SSSR count). The highest BCUT2D eigenvalue weighted by molar-refractivity contribution is 7.89. The van der Waals surface area contributed by atoms with Crippen molar-refractivity contribution in [2.75, 3.05) is 13.1 Å².